The highest BCUT2D eigenvalue weighted by Gasteiger charge is 2.09. The second-order valence-electron chi connectivity index (χ2n) is 4.58. The van der Waals surface area contributed by atoms with Crippen molar-refractivity contribution in [3.63, 3.8) is 0 Å². The number of anilines is 1. The number of hydrogen-bond donors (Lipinski definition) is 1. The van der Waals surface area contributed by atoms with E-state index in [0.29, 0.717) is 11.4 Å². The molecule has 0 saturated heterocycles. The monoisotopic (exact) mass is 305 g/mol. The van der Waals surface area contributed by atoms with Gasteiger partial charge in [0.25, 0.3) is 10.1 Å². The van der Waals surface area contributed by atoms with Crippen LogP contribution in [-0.2, 0) is 10.1 Å². The summed E-state index contributed by atoms with van der Waals surface area (Å²) in [6.45, 7) is 0. The van der Waals surface area contributed by atoms with E-state index in [0.717, 1.165) is 5.69 Å². The smallest absolute Gasteiger partial charge is 0.294 e. The van der Waals surface area contributed by atoms with Gasteiger partial charge in [-0.05, 0) is 42.5 Å². The normalized spacial score (nSPS) is 11.8. The molecule has 110 valence electrons. The van der Waals surface area contributed by atoms with Crippen LogP contribution in [0.1, 0.15) is 0 Å². The minimum atomic E-state index is -4.23. The lowest BCUT2D eigenvalue weighted by Crippen LogP contribution is -2.07. The number of azo groups is 1. The van der Waals surface area contributed by atoms with Crippen LogP contribution < -0.4 is 4.90 Å². The van der Waals surface area contributed by atoms with E-state index in [4.69, 9.17) is 4.55 Å². The molecular weight excluding hydrogens is 290 g/mol. The predicted octanol–water partition coefficient (Wildman–Crippen LogP) is 3.41. The van der Waals surface area contributed by atoms with E-state index in [2.05, 4.69) is 10.2 Å². The van der Waals surface area contributed by atoms with Gasteiger partial charge in [-0.15, -0.1) is 0 Å². The largest absolute Gasteiger partial charge is 0.378 e. The van der Waals surface area contributed by atoms with E-state index < -0.39 is 10.1 Å². The standard InChI is InChI=1S/C14H15N3O3S/c1-17(2)13-8-6-11(7-9-13)15-16-12-4-3-5-14(10-12)21(18,19)20/h3-10H,1-2H3,(H,18,19,20). The van der Waals surface area contributed by atoms with Crippen molar-refractivity contribution in [1.29, 1.82) is 0 Å². The summed E-state index contributed by atoms with van der Waals surface area (Å²) < 4.78 is 31.1. The molecule has 0 heterocycles. The topological polar surface area (TPSA) is 82.3 Å². The van der Waals surface area contributed by atoms with Crippen molar-refractivity contribution in [3.8, 4) is 0 Å². The van der Waals surface area contributed by atoms with Crippen LogP contribution in [0.15, 0.2) is 63.7 Å². The Morgan fingerprint density at radius 3 is 2.14 bits per heavy atom. The molecule has 21 heavy (non-hydrogen) atoms. The van der Waals surface area contributed by atoms with Gasteiger partial charge in [0.1, 0.15) is 0 Å². The molecule has 0 unspecified atom stereocenters. The van der Waals surface area contributed by atoms with Crippen LogP contribution in [0.2, 0.25) is 0 Å². The summed E-state index contributed by atoms with van der Waals surface area (Å²) in [6.07, 6.45) is 0. The molecule has 0 aromatic heterocycles. The molecule has 0 radical (unpaired) electrons. The zero-order valence-corrected chi connectivity index (χ0v) is 12.4. The summed E-state index contributed by atoms with van der Waals surface area (Å²) in [4.78, 5) is 1.76. The van der Waals surface area contributed by atoms with Crippen molar-refractivity contribution in [2.75, 3.05) is 19.0 Å². The quantitative estimate of drug-likeness (QED) is 0.693. The molecule has 7 heteroatoms. The van der Waals surface area contributed by atoms with Crippen LogP contribution in [0.25, 0.3) is 0 Å². The van der Waals surface area contributed by atoms with Gasteiger partial charge in [0.15, 0.2) is 0 Å². The maximum absolute atomic E-state index is 11.0. The minimum Gasteiger partial charge on any atom is -0.378 e. The molecule has 6 nitrogen and oxygen atoms in total. The van der Waals surface area contributed by atoms with Crippen LogP contribution in [0, 0.1) is 0 Å². The Kier molecular flexibility index (Phi) is 4.35. The van der Waals surface area contributed by atoms with E-state index in [1.165, 1.54) is 18.2 Å². The molecule has 0 saturated carbocycles. The minimum absolute atomic E-state index is 0.207. The summed E-state index contributed by atoms with van der Waals surface area (Å²) >= 11 is 0. The summed E-state index contributed by atoms with van der Waals surface area (Å²) in [5, 5.41) is 7.99. The average Bonchev–Trinajstić information content (AvgIpc) is 2.45. The first-order valence-corrected chi connectivity index (χ1v) is 7.57. The fraction of sp³-hybridized carbons (Fsp3) is 0.143. The maximum atomic E-state index is 11.0. The maximum Gasteiger partial charge on any atom is 0.294 e. The van der Waals surface area contributed by atoms with Gasteiger partial charge in [-0.25, -0.2) is 0 Å². The second kappa shape index (κ2) is 6.02. The van der Waals surface area contributed by atoms with Crippen molar-refractivity contribution in [1.82, 2.24) is 0 Å². The molecule has 0 amide bonds. The Balaban J connectivity index is 2.21. The molecule has 0 aliphatic carbocycles. The highest BCUT2D eigenvalue weighted by atomic mass is 32.2. The van der Waals surface area contributed by atoms with E-state index in [1.807, 2.05) is 43.3 Å². The third kappa shape index (κ3) is 4.11. The van der Waals surface area contributed by atoms with Crippen molar-refractivity contribution in [3.05, 3.63) is 48.5 Å². The Bertz CT molecular complexity index is 753. The lowest BCUT2D eigenvalue weighted by molar-refractivity contribution is 0.483. The first kappa shape index (κ1) is 15.1. The van der Waals surface area contributed by atoms with Gasteiger partial charge in [-0.2, -0.15) is 18.6 Å². The Labute approximate surface area is 123 Å². The SMILES string of the molecule is CN(C)c1ccc(N=Nc2cccc(S(=O)(=O)O)c2)cc1. The highest BCUT2D eigenvalue weighted by molar-refractivity contribution is 7.85. The van der Waals surface area contributed by atoms with Crippen molar-refractivity contribution < 1.29 is 13.0 Å². The zero-order chi connectivity index (χ0) is 15.5. The van der Waals surface area contributed by atoms with Gasteiger partial charge in [-0.3, -0.25) is 4.55 Å². The first-order valence-electron chi connectivity index (χ1n) is 6.13. The molecule has 0 aliphatic heterocycles. The van der Waals surface area contributed by atoms with E-state index in [1.54, 1.807) is 6.07 Å². The number of benzene rings is 2. The van der Waals surface area contributed by atoms with Crippen LogP contribution in [0.5, 0.6) is 0 Å². The molecular formula is C14H15N3O3S. The molecule has 0 atom stereocenters. The summed E-state index contributed by atoms with van der Waals surface area (Å²) in [7, 11) is -0.347. The fourth-order valence-electron chi connectivity index (χ4n) is 1.64. The Hall–Kier alpha value is -2.25. The molecule has 2 rings (SSSR count). The molecule has 2 aromatic rings. The lowest BCUT2D eigenvalue weighted by atomic mass is 10.3. The van der Waals surface area contributed by atoms with Gasteiger partial charge in [0.2, 0.25) is 0 Å². The van der Waals surface area contributed by atoms with Gasteiger partial charge in [0.05, 0.1) is 16.3 Å². The Morgan fingerprint density at radius 2 is 1.57 bits per heavy atom. The third-order valence-corrected chi connectivity index (χ3v) is 3.61. The van der Waals surface area contributed by atoms with Gasteiger partial charge in [-0.1, -0.05) is 6.07 Å². The number of hydrogen-bond acceptors (Lipinski definition) is 5. The summed E-state index contributed by atoms with van der Waals surface area (Å²) in [6, 6.07) is 13.1. The predicted molar refractivity (Wildman–Crippen MR) is 81.2 cm³/mol. The van der Waals surface area contributed by atoms with Crippen LogP contribution in [-0.4, -0.2) is 27.1 Å². The fourth-order valence-corrected chi connectivity index (χ4v) is 2.16. The zero-order valence-electron chi connectivity index (χ0n) is 11.6. The van der Waals surface area contributed by atoms with Gasteiger partial charge in [0, 0.05) is 19.8 Å². The van der Waals surface area contributed by atoms with Crippen LogP contribution in [0.4, 0.5) is 17.1 Å². The van der Waals surface area contributed by atoms with Crippen molar-refractivity contribution >= 4 is 27.2 Å². The Morgan fingerprint density at radius 1 is 0.952 bits per heavy atom. The number of rotatable bonds is 4. The van der Waals surface area contributed by atoms with E-state index in [9.17, 15) is 8.42 Å². The third-order valence-electron chi connectivity index (χ3n) is 2.76. The molecule has 0 fully saturated rings. The molecule has 0 bridgehead atoms. The average molecular weight is 305 g/mol. The van der Waals surface area contributed by atoms with Gasteiger partial charge < -0.3 is 4.90 Å². The number of nitrogens with zero attached hydrogens (tertiary/aromatic N) is 3. The molecule has 2 aromatic carbocycles. The molecule has 0 spiro atoms. The van der Waals surface area contributed by atoms with Gasteiger partial charge >= 0.3 is 0 Å². The molecule has 0 aliphatic rings. The van der Waals surface area contributed by atoms with Crippen LogP contribution in [0.3, 0.4) is 0 Å². The summed E-state index contributed by atoms with van der Waals surface area (Å²) in [5.41, 5.74) is 2.04. The second-order valence-corrected chi connectivity index (χ2v) is 6.00. The van der Waals surface area contributed by atoms with E-state index >= 15 is 0 Å². The highest BCUT2D eigenvalue weighted by Crippen LogP contribution is 2.22. The van der Waals surface area contributed by atoms with E-state index in [-0.39, 0.29) is 4.90 Å². The first-order chi connectivity index (χ1) is 9.86. The molecule has 1 N–H and O–H groups in total. The van der Waals surface area contributed by atoms with Crippen molar-refractivity contribution in [2.24, 2.45) is 10.2 Å². The van der Waals surface area contributed by atoms with Crippen LogP contribution >= 0.6 is 0 Å². The lowest BCUT2D eigenvalue weighted by Gasteiger charge is -2.11. The summed E-state index contributed by atoms with van der Waals surface area (Å²) in [5.74, 6) is 0. The van der Waals surface area contributed by atoms with Crippen molar-refractivity contribution in [2.45, 2.75) is 4.90 Å².